The highest BCUT2D eigenvalue weighted by molar-refractivity contribution is 7.13. The fourth-order valence-corrected chi connectivity index (χ4v) is 10.8. The summed E-state index contributed by atoms with van der Waals surface area (Å²) < 4.78 is 0. The Labute approximate surface area is 329 Å². The number of hydrogen-bond donors (Lipinski definition) is 0. The molecule has 54 heavy (non-hydrogen) atoms. The van der Waals surface area contributed by atoms with Gasteiger partial charge in [0, 0.05) is 32.8 Å². The van der Waals surface area contributed by atoms with Crippen molar-refractivity contribution in [1.29, 1.82) is 0 Å². The van der Waals surface area contributed by atoms with Gasteiger partial charge in [-0.2, -0.15) is 0 Å². The second-order valence-corrected chi connectivity index (χ2v) is 16.9. The van der Waals surface area contributed by atoms with Crippen LogP contribution in [0.5, 0.6) is 0 Å². The minimum atomic E-state index is 0.0394. The molecule has 2 aliphatic rings. The number of fused-ring (bicyclic) bond motifs is 6. The Hall–Kier alpha value is -4.40. The van der Waals surface area contributed by atoms with Crippen molar-refractivity contribution in [2.75, 3.05) is 4.90 Å². The molecule has 6 aromatic rings. The van der Waals surface area contributed by atoms with E-state index in [0.29, 0.717) is 0 Å². The zero-order chi connectivity index (χ0) is 37.1. The first-order chi connectivity index (χ1) is 26.6. The van der Waals surface area contributed by atoms with Gasteiger partial charge in [0.05, 0.1) is 0 Å². The molecular formula is C52H57NS. The van der Waals surface area contributed by atoms with Crippen LogP contribution in [-0.2, 0) is 10.8 Å². The molecule has 276 valence electrons. The fraction of sp³-hybridized carbons (Fsp3) is 0.346. The predicted octanol–water partition coefficient (Wildman–Crippen LogP) is 16.2. The number of nitrogens with zero attached hydrogens (tertiary/aromatic N) is 1. The monoisotopic (exact) mass is 727 g/mol. The zero-order valence-electron chi connectivity index (χ0n) is 33.0. The second-order valence-electron chi connectivity index (χ2n) is 16.0. The van der Waals surface area contributed by atoms with Crippen LogP contribution in [0.1, 0.15) is 127 Å². The van der Waals surface area contributed by atoms with Crippen LogP contribution in [0.4, 0.5) is 17.1 Å². The van der Waals surface area contributed by atoms with Crippen LogP contribution < -0.4 is 4.90 Å². The standard InChI is InChI=1S/C52H57NS/c1-5-9-31-51(32-10-6-2)46-20-15-13-18-42(46)44-29-27-40(36-48(44)51)53(39-25-23-38(24-26-39)50-22-17-35-54-50)41-28-30-45-43-19-14-16-21-47(43)52(33-11-7-3,34-12-8-4)49(45)37-41/h13-30,35-37H,5-12,31-34H2,1-4H3. The van der Waals surface area contributed by atoms with E-state index in [2.05, 4.69) is 159 Å². The van der Waals surface area contributed by atoms with E-state index in [0.717, 1.165) is 0 Å². The molecule has 0 saturated heterocycles. The van der Waals surface area contributed by atoms with Gasteiger partial charge in [-0.3, -0.25) is 0 Å². The van der Waals surface area contributed by atoms with Crippen LogP contribution in [0.15, 0.2) is 127 Å². The molecule has 0 unspecified atom stereocenters. The van der Waals surface area contributed by atoms with Crippen molar-refractivity contribution in [2.24, 2.45) is 0 Å². The topological polar surface area (TPSA) is 3.24 Å². The maximum atomic E-state index is 2.59. The maximum absolute atomic E-state index is 2.59. The first-order valence-corrected chi connectivity index (χ1v) is 21.9. The van der Waals surface area contributed by atoms with Gasteiger partial charge in [0.1, 0.15) is 0 Å². The molecule has 0 N–H and O–H groups in total. The lowest BCUT2D eigenvalue weighted by Gasteiger charge is -2.35. The fourth-order valence-electron chi connectivity index (χ4n) is 10.1. The molecule has 0 bridgehead atoms. The Morgan fingerprint density at radius 1 is 0.426 bits per heavy atom. The van der Waals surface area contributed by atoms with Crippen molar-refractivity contribution >= 4 is 28.4 Å². The average Bonchev–Trinajstić information content (AvgIpc) is 3.92. The van der Waals surface area contributed by atoms with Crippen molar-refractivity contribution in [3.63, 3.8) is 0 Å². The summed E-state index contributed by atoms with van der Waals surface area (Å²) in [5.41, 5.74) is 16.9. The van der Waals surface area contributed by atoms with Crippen LogP contribution in [-0.4, -0.2) is 0 Å². The molecule has 0 aliphatic heterocycles. The number of unbranched alkanes of at least 4 members (excludes halogenated alkanes) is 4. The van der Waals surface area contributed by atoms with Gasteiger partial charge in [-0.05, 0) is 124 Å². The molecule has 2 heteroatoms. The lowest BCUT2D eigenvalue weighted by atomic mass is 9.70. The van der Waals surface area contributed by atoms with E-state index in [1.54, 1.807) is 0 Å². The average molecular weight is 728 g/mol. The van der Waals surface area contributed by atoms with E-state index in [1.165, 1.54) is 149 Å². The van der Waals surface area contributed by atoms with E-state index in [4.69, 9.17) is 0 Å². The summed E-state index contributed by atoms with van der Waals surface area (Å²) in [7, 11) is 0. The number of rotatable bonds is 16. The Balaban J connectivity index is 1.33. The molecule has 1 heterocycles. The van der Waals surface area contributed by atoms with Crippen LogP contribution >= 0.6 is 11.3 Å². The Kier molecular flexibility index (Phi) is 10.7. The summed E-state index contributed by atoms with van der Waals surface area (Å²) in [6.07, 6.45) is 14.6. The molecule has 0 atom stereocenters. The Bertz CT molecular complexity index is 2050. The third-order valence-electron chi connectivity index (χ3n) is 12.8. The molecule has 5 aromatic carbocycles. The van der Waals surface area contributed by atoms with E-state index in [9.17, 15) is 0 Å². The Morgan fingerprint density at radius 2 is 0.852 bits per heavy atom. The highest BCUT2D eigenvalue weighted by Crippen LogP contribution is 2.57. The molecular weight excluding hydrogens is 671 g/mol. The van der Waals surface area contributed by atoms with Crippen LogP contribution in [0.2, 0.25) is 0 Å². The molecule has 8 rings (SSSR count). The van der Waals surface area contributed by atoms with Crippen molar-refractivity contribution in [3.05, 3.63) is 149 Å². The third kappa shape index (κ3) is 6.25. The van der Waals surface area contributed by atoms with Crippen molar-refractivity contribution in [3.8, 4) is 32.7 Å². The SMILES string of the molecule is CCCCC1(CCCC)c2ccccc2-c2ccc(N(c3ccc(-c4cccs4)cc3)c3ccc4c(c3)C(CCCC)(CCCC)c3ccccc3-4)cc21. The van der Waals surface area contributed by atoms with Crippen LogP contribution in [0.25, 0.3) is 32.7 Å². The lowest BCUT2D eigenvalue weighted by Crippen LogP contribution is -2.26. The van der Waals surface area contributed by atoms with E-state index in [-0.39, 0.29) is 10.8 Å². The minimum absolute atomic E-state index is 0.0394. The van der Waals surface area contributed by atoms with E-state index >= 15 is 0 Å². The largest absolute Gasteiger partial charge is 0.310 e. The molecule has 2 aliphatic carbocycles. The van der Waals surface area contributed by atoms with Gasteiger partial charge in [-0.15, -0.1) is 11.3 Å². The first kappa shape index (κ1) is 36.6. The summed E-state index contributed by atoms with van der Waals surface area (Å²) in [6.45, 7) is 9.39. The van der Waals surface area contributed by atoms with Gasteiger partial charge < -0.3 is 4.90 Å². The summed E-state index contributed by atoms with van der Waals surface area (Å²) in [6, 6.07) is 47.2. The molecule has 0 saturated carbocycles. The first-order valence-electron chi connectivity index (χ1n) is 21.0. The predicted molar refractivity (Wildman–Crippen MR) is 235 cm³/mol. The zero-order valence-corrected chi connectivity index (χ0v) is 33.8. The van der Waals surface area contributed by atoms with Gasteiger partial charge >= 0.3 is 0 Å². The molecule has 0 radical (unpaired) electrons. The number of benzene rings is 5. The molecule has 0 spiro atoms. The second kappa shape index (κ2) is 15.8. The molecule has 0 amide bonds. The van der Waals surface area contributed by atoms with Gasteiger partial charge in [-0.25, -0.2) is 0 Å². The summed E-state index contributed by atoms with van der Waals surface area (Å²) >= 11 is 1.81. The summed E-state index contributed by atoms with van der Waals surface area (Å²) in [4.78, 5) is 3.88. The van der Waals surface area contributed by atoms with Crippen LogP contribution in [0, 0.1) is 0 Å². The smallest absolute Gasteiger partial charge is 0.0465 e. The van der Waals surface area contributed by atoms with Crippen LogP contribution in [0.3, 0.4) is 0 Å². The summed E-state index contributed by atoms with van der Waals surface area (Å²) in [5, 5.41) is 2.17. The third-order valence-corrected chi connectivity index (χ3v) is 13.7. The van der Waals surface area contributed by atoms with E-state index in [1.807, 2.05) is 11.3 Å². The minimum Gasteiger partial charge on any atom is -0.310 e. The maximum Gasteiger partial charge on any atom is 0.0465 e. The molecule has 1 aromatic heterocycles. The van der Waals surface area contributed by atoms with Crippen molar-refractivity contribution in [2.45, 2.75) is 116 Å². The van der Waals surface area contributed by atoms with Gasteiger partial charge in [-0.1, -0.05) is 158 Å². The normalized spacial score (nSPS) is 14.4. The number of thiophene rings is 1. The van der Waals surface area contributed by atoms with Gasteiger partial charge in [0.25, 0.3) is 0 Å². The van der Waals surface area contributed by atoms with Crippen molar-refractivity contribution in [1.82, 2.24) is 0 Å². The number of anilines is 3. The van der Waals surface area contributed by atoms with Crippen molar-refractivity contribution < 1.29 is 0 Å². The number of hydrogen-bond acceptors (Lipinski definition) is 2. The molecule has 0 fully saturated rings. The van der Waals surface area contributed by atoms with Gasteiger partial charge in [0.15, 0.2) is 0 Å². The van der Waals surface area contributed by atoms with E-state index < -0.39 is 0 Å². The lowest BCUT2D eigenvalue weighted by molar-refractivity contribution is 0.414. The van der Waals surface area contributed by atoms with Gasteiger partial charge in [0.2, 0.25) is 0 Å². The molecule has 1 nitrogen and oxygen atoms in total. The highest BCUT2D eigenvalue weighted by Gasteiger charge is 2.44. The quantitative estimate of drug-likeness (QED) is 0.0959. The highest BCUT2D eigenvalue weighted by atomic mass is 32.1. The summed E-state index contributed by atoms with van der Waals surface area (Å²) in [5.74, 6) is 0. The Morgan fingerprint density at radius 3 is 1.28 bits per heavy atom.